The van der Waals surface area contributed by atoms with Gasteiger partial charge in [0.05, 0.1) is 6.33 Å². The minimum Gasteiger partial charge on any atom is -0.381 e. The largest absolute Gasteiger partial charge is 0.381 e. The molecule has 1 aromatic rings. The van der Waals surface area contributed by atoms with Crippen LogP contribution in [0, 0.1) is 5.41 Å². The molecular formula is C22H42N2O. The minimum atomic E-state index is 0.403. The van der Waals surface area contributed by atoms with E-state index < -0.39 is 0 Å². The highest BCUT2D eigenvalue weighted by Crippen LogP contribution is 2.18. The van der Waals surface area contributed by atoms with E-state index in [1.165, 1.54) is 70.6 Å². The zero-order chi connectivity index (χ0) is 18.2. The van der Waals surface area contributed by atoms with E-state index in [0.29, 0.717) is 5.41 Å². The van der Waals surface area contributed by atoms with Gasteiger partial charge in [0.25, 0.3) is 0 Å². The average molecular weight is 351 g/mol. The Morgan fingerprint density at radius 1 is 0.760 bits per heavy atom. The van der Waals surface area contributed by atoms with E-state index in [1.54, 1.807) is 0 Å². The number of aryl methyl sites for hydroxylation is 1. The summed E-state index contributed by atoms with van der Waals surface area (Å²) in [6.07, 6.45) is 22.0. The van der Waals surface area contributed by atoms with Crippen LogP contribution in [-0.4, -0.2) is 22.8 Å². The molecule has 0 saturated heterocycles. The molecule has 1 aromatic heterocycles. The Hall–Kier alpha value is -0.830. The number of imidazole rings is 1. The summed E-state index contributed by atoms with van der Waals surface area (Å²) in [6.45, 7) is 9.83. The first kappa shape index (κ1) is 22.2. The molecule has 0 N–H and O–H groups in total. The number of ether oxygens (including phenoxy) is 1. The smallest absolute Gasteiger partial charge is 0.0945 e. The van der Waals surface area contributed by atoms with Crippen LogP contribution in [0.1, 0.15) is 97.8 Å². The molecule has 3 nitrogen and oxygen atoms in total. The van der Waals surface area contributed by atoms with Gasteiger partial charge in [-0.25, -0.2) is 4.98 Å². The maximum atomic E-state index is 5.72. The normalized spacial score (nSPS) is 12.0. The molecule has 1 heterocycles. The standard InChI is InChI=1S/C22H42N2O/c1-22(2,3)15-20-25-19-14-12-10-8-6-4-5-7-9-11-13-17-24-18-16-23-21-24/h16,18,21H,4-15,17,19-20H2,1-3H3. The predicted octanol–water partition coefficient (Wildman–Crippen LogP) is 6.63. The van der Waals surface area contributed by atoms with Gasteiger partial charge < -0.3 is 9.30 Å². The van der Waals surface area contributed by atoms with Gasteiger partial charge in [-0.1, -0.05) is 78.6 Å². The molecule has 1 rings (SSSR count). The van der Waals surface area contributed by atoms with Crippen molar-refractivity contribution < 1.29 is 4.74 Å². The maximum absolute atomic E-state index is 5.72. The third-order valence-corrected chi connectivity index (χ3v) is 4.76. The van der Waals surface area contributed by atoms with Gasteiger partial charge in [0.1, 0.15) is 0 Å². The Kier molecular flexibility index (Phi) is 12.8. The SMILES string of the molecule is CC(C)(C)CCOCCCCCCCCCCCCCn1ccnc1. The number of aromatic nitrogens is 2. The van der Waals surface area contributed by atoms with Gasteiger partial charge in [0, 0.05) is 32.2 Å². The second kappa shape index (κ2) is 14.4. The van der Waals surface area contributed by atoms with E-state index in [4.69, 9.17) is 4.74 Å². The maximum Gasteiger partial charge on any atom is 0.0945 e. The van der Waals surface area contributed by atoms with E-state index in [9.17, 15) is 0 Å². The van der Waals surface area contributed by atoms with Crippen molar-refractivity contribution in [2.24, 2.45) is 5.41 Å². The van der Waals surface area contributed by atoms with Gasteiger partial charge >= 0.3 is 0 Å². The summed E-state index contributed by atoms with van der Waals surface area (Å²) in [6, 6.07) is 0. The van der Waals surface area contributed by atoms with E-state index in [2.05, 4.69) is 36.5 Å². The fourth-order valence-electron chi connectivity index (χ4n) is 2.99. The monoisotopic (exact) mass is 350 g/mol. The summed E-state index contributed by atoms with van der Waals surface area (Å²) in [7, 11) is 0. The second-order valence-electron chi connectivity index (χ2n) is 8.61. The van der Waals surface area contributed by atoms with Crippen LogP contribution in [0.3, 0.4) is 0 Å². The summed E-state index contributed by atoms with van der Waals surface area (Å²) in [4.78, 5) is 4.08. The molecule has 3 heteroatoms. The molecule has 0 aliphatic heterocycles. The molecule has 0 aliphatic carbocycles. The Labute approximate surface area is 156 Å². The number of hydrogen-bond donors (Lipinski definition) is 0. The number of rotatable bonds is 16. The minimum absolute atomic E-state index is 0.403. The van der Waals surface area contributed by atoms with Crippen molar-refractivity contribution in [3.05, 3.63) is 18.7 Å². The van der Waals surface area contributed by atoms with Gasteiger partial charge in [-0.3, -0.25) is 0 Å². The highest BCUT2D eigenvalue weighted by Gasteiger charge is 2.08. The van der Waals surface area contributed by atoms with Crippen molar-refractivity contribution in [2.75, 3.05) is 13.2 Å². The Balaban J connectivity index is 1.69. The average Bonchev–Trinajstić information content (AvgIpc) is 3.07. The van der Waals surface area contributed by atoms with Crippen LogP contribution in [0.25, 0.3) is 0 Å². The fraction of sp³-hybridized carbons (Fsp3) is 0.864. The summed E-state index contributed by atoms with van der Waals surface area (Å²) in [5.74, 6) is 0. The van der Waals surface area contributed by atoms with Crippen LogP contribution in [-0.2, 0) is 11.3 Å². The van der Waals surface area contributed by atoms with Crippen LogP contribution in [0.15, 0.2) is 18.7 Å². The van der Waals surface area contributed by atoms with Crippen LogP contribution in [0.4, 0.5) is 0 Å². The van der Waals surface area contributed by atoms with Crippen molar-refractivity contribution in [3.63, 3.8) is 0 Å². The molecule has 0 spiro atoms. The molecule has 0 radical (unpaired) electrons. The van der Waals surface area contributed by atoms with Gasteiger partial charge in [-0.15, -0.1) is 0 Å². The van der Waals surface area contributed by atoms with Crippen molar-refractivity contribution in [3.8, 4) is 0 Å². The molecule has 25 heavy (non-hydrogen) atoms. The van der Waals surface area contributed by atoms with Crippen LogP contribution >= 0.6 is 0 Å². The molecular weight excluding hydrogens is 308 g/mol. The fourth-order valence-corrected chi connectivity index (χ4v) is 2.99. The molecule has 0 atom stereocenters. The second-order valence-corrected chi connectivity index (χ2v) is 8.61. The molecule has 0 aliphatic rings. The molecule has 0 fully saturated rings. The highest BCUT2D eigenvalue weighted by atomic mass is 16.5. The molecule has 146 valence electrons. The lowest BCUT2D eigenvalue weighted by Gasteiger charge is -2.17. The van der Waals surface area contributed by atoms with Crippen molar-refractivity contribution in [2.45, 2.75) is 104 Å². The summed E-state index contributed by atoms with van der Waals surface area (Å²) in [5, 5.41) is 0. The third-order valence-electron chi connectivity index (χ3n) is 4.76. The van der Waals surface area contributed by atoms with E-state index in [0.717, 1.165) is 26.2 Å². The zero-order valence-electron chi connectivity index (χ0n) is 17.1. The van der Waals surface area contributed by atoms with E-state index in [-0.39, 0.29) is 0 Å². The van der Waals surface area contributed by atoms with Crippen molar-refractivity contribution in [1.29, 1.82) is 0 Å². The lowest BCUT2D eigenvalue weighted by molar-refractivity contribution is 0.105. The zero-order valence-corrected chi connectivity index (χ0v) is 17.1. The predicted molar refractivity (Wildman–Crippen MR) is 108 cm³/mol. The lowest BCUT2D eigenvalue weighted by Crippen LogP contribution is -2.09. The highest BCUT2D eigenvalue weighted by molar-refractivity contribution is 4.73. The first-order valence-corrected chi connectivity index (χ1v) is 10.6. The summed E-state index contributed by atoms with van der Waals surface area (Å²) < 4.78 is 7.90. The van der Waals surface area contributed by atoms with Crippen LogP contribution in [0.2, 0.25) is 0 Å². The van der Waals surface area contributed by atoms with E-state index >= 15 is 0 Å². The number of nitrogens with zero attached hydrogens (tertiary/aromatic N) is 2. The topological polar surface area (TPSA) is 27.1 Å². The molecule has 0 bridgehead atoms. The Morgan fingerprint density at radius 2 is 1.32 bits per heavy atom. The quantitative estimate of drug-likeness (QED) is 0.313. The van der Waals surface area contributed by atoms with E-state index in [1.807, 2.05) is 12.5 Å². The molecule has 0 unspecified atom stereocenters. The van der Waals surface area contributed by atoms with Gasteiger partial charge in [-0.05, 0) is 24.7 Å². The number of hydrogen-bond acceptors (Lipinski definition) is 2. The van der Waals surface area contributed by atoms with Crippen molar-refractivity contribution >= 4 is 0 Å². The molecule has 0 saturated carbocycles. The molecule has 0 amide bonds. The Bertz CT molecular complexity index is 381. The first-order valence-electron chi connectivity index (χ1n) is 10.6. The van der Waals surface area contributed by atoms with Gasteiger partial charge in [-0.2, -0.15) is 0 Å². The Morgan fingerprint density at radius 3 is 1.84 bits per heavy atom. The van der Waals surface area contributed by atoms with Crippen LogP contribution in [0.5, 0.6) is 0 Å². The first-order chi connectivity index (χ1) is 12.1. The summed E-state index contributed by atoms with van der Waals surface area (Å²) >= 11 is 0. The van der Waals surface area contributed by atoms with Gasteiger partial charge in [0.15, 0.2) is 0 Å². The third kappa shape index (κ3) is 15.2. The van der Waals surface area contributed by atoms with Gasteiger partial charge in [0.2, 0.25) is 0 Å². The van der Waals surface area contributed by atoms with Crippen LogP contribution < -0.4 is 0 Å². The summed E-state index contributed by atoms with van der Waals surface area (Å²) in [5.41, 5.74) is 0.403. The lowest BCUT2D eigenvalue weighted by atomic mass is 9.93. The van der Waals surface area contributed by atoms with Crippen molar-refractivity contribution in [1.82, 2.24) is 9.55 Å². The molecule has 0 aromatic carbocycles. The number of unbranched alkanes of at least 4 members (excludes halogenated alkanes) is 10.